The maximum atomic E-state index is 10.4. The first-order chi connectivity index (χ1) is 5.74. The van der Waals surface area contributed by atoms with Crippen molar-refractivity contribution in [3.05, 3.63) is 12.2 Å². The van der Waals surface area contributed by atoms with Gasteiger partial charge in [-0.3, -0.25) is 0 Å². The van der Waals surface area contributed by atoms with Crippen LogP contribution in [0.1, 0.15) is 0 Å². The van der Waals surface area contributed by atoms with Gasteiger partial charge in [0.15, 0.2) is 0 Å². The van der Waals surface area contributed by atoms with Gasteiger partial charge in [-0.2, -0.15) is 0 Å². The summed E-state index contributed by atoms with van der Waals surface area (Å²) in [7, 11) is 0. The highest BCUT2D eigenvalue weighted by Crippen LogP contribution is 2.13. The average Bonchev–Trinajstić information content (AvgIpc) is 2.00. The Balaban J connectivity index is 5.27. The van der Waals surface area contributed by atoms with Gasteiger partial charge in [0.25, 0.3) is 0 Å². The Bertz CT molecular complexity index is 279. The standard InChI is InChI=1S/C6H7NO6/c1-2(3(8)9)6(7,4(10)11)5(12)13/h1,7H2,(H,8,9)(H,10,11)(H,12,13). The largest absolute Gasteiger partial charge is 0.479 e. The van der Waals surface area contributed by atoms with Crippen LogP contribution in [0.25, 0.3) is 0 Å². The van der Waals surface area contributed by atoms with E-state index >= 15 is 0 Å². The normalized spacial score (nSPS) is 10.5. The van der Waals surface area contributed by atoms with E-state index in [2.05, 4.69) is 6.58 Å². The topological polar surface area (TPSA) is 138 Å². The molecule has 0 spiro atoms. The predicted octanol–water partition coefficient (Wildman–Crippen LogP) is -1.51. The monoisotopic (exact) mass is 189 g/mol. The lowest BCUT2D eigenvalue weighted by Gasteiger charge is -2.18. The van der Waals surface area contributed by atoms with Crippen LogP contribution in [-0.2, 0) is 14.4 Å². The van der Waals surface area contributed by atoms with Gasteiger partial charge in [-0.1, -0.05) is 6.58 Å². The molecule has 0 aliphatic heterocycles. The lowest BCUT2D eigenvalue weighted by molar-refractivity contribution is -0.157. The Morgan fingerprint density at radius 2 is 1.38 bits per heavy atom. The first kappa shape index (κ1) is 11.1. The highest BCUT2D eigenvalue weighted by Gasteiger charge is 2.48. The van der Waals surface area contributed by atoms with Gasteiger partial charge in [-0.25, -0.2) is 14.4 Å². The molecule has 0 fully saturated rings. The zero-order valence-corrected chi connectivity index (χ0v) is 6.35. The molecule has 0 heterocycles. The summed E-state index contributed by atoms with van der Waals surface area (Å²) >= 11 is 0. The van der Waals surface area contributed by atoms with Crippen LogP contribution >= 0.6 is 0 Å². The summed E-state index contributed by atoms with van der Waals surface area (Å²) < 4.78 is 0. The van der Waals surface area contributed by atoms with Crippen molar-refractivity contribution in [2.24, 2.45) is 5.73 Å². The molecule has 0 bridgehead atoms. The molecule has 0 radical (unpaired) electrons. The number of nitrogens with two attached hydrogens (primary N) is 1. The van der Waals surface area contributed by atoms with Crippen molar-refractivity contribution in [2.75, 3.05) is 0 Å². The summed E-state index contributed by atoms with van der Waals surface area (Å²) in [5.74, 6) is -5.73. The molecule has 0 rings (SSSR count). The van der Waals surface area contributed by atoms with Crippen molar-refractivity contribution in [3.8, 4) is 0 Å². The van der Waals surface area contributed by atoms with Crippen molar-refractivity contribution in [2.45, 2.75) is 5.54 Å². The Hall–Kier alpha value is -1.89. The molecule has 0 atom stereocenters. The van der Waals surface area contributed by atoms with Crippen molar-refractivity contribution < 1.29 is 29.7 Å². The molecule has 72 valence electrons. The maximum Gasteiger partial charge on any atom is 0.340 e. The van der Waals surface area contributed by atoms with E-state index in [1.54, 1.807) is 0 Å². The summed E-state index contributed by atoms with van der Waals surface area (Å²) in [6.45, 7) is 2.78. The van der Waals surface area contributed by atoms with E-state index in [1.807, 2.05) is 0 Å². The van der Waals surface area contributed by atoms with E-state index in [4.69, 9.17) is 21.1 Å². The maximum absolute atomic E-state index is 10.4. The Kier molecular flexibility index (Phi) is 2.76. The molecule has 0 aromatic carbocycles. The Labute approximate surface area is 72.1 Å². The summed E-state index contributed by atoms with van der Waals surface area (Å²) in [5, 5.41) is 25.1. The van der Waals surface area contributed by atoms with E-state index in [0.29, 0.717) is 0 Å². The number of hydrogen-bond donors (Lipinski definition) is 4. The van der Waals surface area contributed by atoms with E-state index < -0.39 is 29.0 Å². The summed E-state index contributed by atoms with van der Waals surface area (Å²) in [4.78, 5) is 31.0. The minimum absolute atomic E-state index is 1.10. The van der Waals surface area contributed by atoms with Crippen molar-refractivity contribution >= 4 is 17.9 Å². The van der Waals surface area contributed by atoms with Crippen molar-refractivity contribution in [1.82, 2.24) is 0 Å². The zero-order valence-electron chi connectivity index (χ0n) is 6.35. The molecule has 0 saturated heterocycles. The third-order valence-corrected chi connectivity index (χ3v) is 1.41. The lowest BCUT2D eigenvalue weighted by Crippen LogP contribution is -2.57. The molecule has 0 saturated carbocycles. The second-order valence-corrected chi connectivity index (χ2v) is 2.20. The fourth-order valence-corrected chi connectivity index (χ4v) is 0.518. The van der Waals surface area contributed by atoms with E-state index in [9.17, 15) is 14.4 Å². The van der Waals surface area contributed by atoms with Crippen molar-refractivity contribution in [1.29, 1.82) is 0 Å². The van der Waals surface area contributed by atoms with Crippen LogP contribution in [0.5, 0.6) is 0 Å². The molecule has 0 amide bonds. The van der Waals surface area contributed by atoms with E-state index in [1.165, 1.54) is 0 Å². The quantitative estimate of drug-likeness (QED) is 0.311. The van der Waals surface area contributed by atoms with Crippen LogP contribution in [0.3, 0.4) is 0 Å². The summed E-state index contributed by atoms with van der Waals surface area (Å²) in [6, 6.07) is 0. The second kappa shape index (κ2) is 3.23. The SMILES string of the molecule is C=C(C(=O)O)C(N)(C(=O)O)C(=O)O. The van der Waals surface area contributed by atoms with Gasteiger partial charge in [0.05, 0.1) is 5.57 Å². The van der Waals surface area contributed by atoms with Gasteiger partial charge in [-0.05, 0) is 0 Å². The molecular weight excluding hydrogens is 182 g/mol. The molecular formula is C6H7NO6. The van der Waals surface area contributed by atoms with Crippen LogP contribution in [0.2, 0.25) is 0 Å². The molecule has 0 aliphatic carbocycles. The highest BCUT2D eigenvalue weighted by molar-refractivity contribution is 6.14. The molecule has 0 aromatic rings. The van der Waals surface area contributed by atoms with Crippen LogP contribution < -0.4 is 5.73 Å². The summed E-state index contributed by atoms with van der Waals surface area (Å²) in [5.41, 5.74) is 0.764. The third kappa shape index (κ3) is 1.64. The van der Waals surface area contributed by atoms with Gasteiger partial charge < -0.3 is 21.1 Å². The van der Waals surface area contributed by atoms with Gasteiger partial charge in [0, 0.05) is 0 Å². The van der Waals surface area contributed by atoms with Crippen molar-refractivity contribution in [3.63, 3.8) is 0 Å². The molecule has 5 N–H and O–H groups in total. The smallest absolute Gasteiger partial charge is 0.340 e. The average molecular weight is 189 g/mol. The molecule has 13 heavy (non-hydrogen) atoms. The Morgan fingerprint density at radius 1 is 1.08 bits per heavy atom. The van der Waals surface area contributed by atoms with Crippen LogP contribution in [0.4, 0.5) is 0 Å². The fourth-order valence-electron chi connectivity index (χ4n) is 0.518. The number of carboxylic acids is 3. The molecule has 0 aliphatic rings. The van der Waals surface area contributed by atoms with Crippen LogP contribution in [0.15, 0.2) is 12.2 Å². The minimum atomic E-state index is -2.98. The van der Waals surface area contributed by atoms with Gasteiger partial charge in [-0.15, -0.1) is 0 Å². The van der Waals surface area contributed by atoms with E-state index in [-0.39, 0.29) is 0 Å². The fraction of sp³-hybridized carbons (Fsp3) is 0.167. The predicted molar refractivity (Wildman–Crippen MR) is 39.0 cm³/mol. The van der Waals surface area contributed by atoms with Crippen LogP contribution in [0, 0.1) is 0 Å². The summed E-state index contributed by atoms with van der Waals surface area (Å²) in [6.07, 6.45) is 0. The molecule has 0 aromatic heterocycles. The number of carbonyl (C=O) groups is 3. The third-order valence-electron chi connectivity index (χ3n) is 1.41. The van der Waals surface area contributed by atoms with Crippen LogP contribution in [-0.4, -0.2) is 38.8 Å². The second-order valence-electron chi connectivity index (χ2n) is 2.20. The Morgan fingerprint density at radius 3 is 1.46 bits per heavy atom. The zero-order chi connectivity index (χ0) is 10.8. The molecule has 7 heteroatoms. The van der Waals surface area contributed by atoms with Gasteiger partial charge >= 0.3 is 17.9 Å². The highest BCUT2D eigenvalue weighted by atomic mass is 16.4. The van der Waals surface area contributed by atoms with E-state index in [0.717, 1.165) is 0 Å². The minimum Gasteiger partial charge on any atom is -0.479 e. The first-order valence-corrected chi connectivity index (χ1v) is 2.93. The first-order valence-electron chi connectivity index (χ1n) is 2.93. The van der Waals surface area contributed by atoms with Gasteiger partial charge in [0.2, 0.25) is 5.54 Å². The number of aliphatic carboxylic acids is 3. The lowest BCUT2D eigenvalue weighted by atomic mass is 9.92. The number of rotatable bonds is 4. The molecule has 0 unspecified atom stereocenters. The number of hydrogen-bond acceptors (Lipinski definition) is 4. The number of carboxylic acid groups (broad SMARTS) is 3. The van der Waals surface area contributed by atoms with Gasteiger partial charge in [0.1, 0.15) is 0 Å². The molecule has 7 nitrogen and oxygen atoms in total.